The quantitative estimate of drug-likeness (QED) is 0.652. The molecule has 148 valence electrons. The van der Waals surface area contributed by atoms with Crippen LogP contribution in [0.3, 0.4) is 0 Å². The van der Waals surface area contributed by atoms with Crippen molar-refractivity contribution in [2.45, 2.75) is 26.2 Å². The van der Waals surface area contributed by atoms with Crippen LogP contribution in [0.1, 0.15) is 35.2 Å². The Bertz CT molecular complexity index is 1040. The third-order valence-electron chi connectivity index (χ3n) is 5.37. The molecule has 5 nitrogen and oxygen atoms in total. The van der Waals surface area contributed by atoms with Gasteiger partial charge in [-0.1, -0.05) is 48.0 Å². The Morgan fingerprint density at radius 1 is 1.14 bits per heavy atom. The molecule has 1 aliphatic rings. The average Bonchev–Trinajstić information content (AvgIpc) is 3.15. The van der Waals surface area contributed by atoms with Crippen molar-refractivity contribution >= 4 is 22.7 Å². The highest BCUT2D eigenvalue weighted by Gasteiger charge is 2.19. The van der Waals surface area contributed by atoms with Gasteiger partial charge in [0.2, 0.25) is 5.91 Å². The number of nitrogens with zero attached hydrogens (tertiary/aromatic N) is 2. The normalized spacial score (nSPS) is 13.8. The number of rotatable bonds is 6. The van der Waals surface area contributed by atoms with Crippen molar-refractivity contribution in [1.29, 1.82) is 0 Å². The van der Waals surface area contributed by atoms with Crippen LogP contribution in [0.5, 0.6) is 0 Å². The summed E-state index contributed by atoms with van der Waals surface area (Å²) < 4.78 is 0. The number of carbonyl (C=O) groups excluding carboxylic acids is 2. The Hall–Kier alpha value is -3.21. The van der Waals surface area contributed by atoms with Crippen LogP contribution in [0.15, 0.2) is 54.6 Å². The summed E-state index contributed by atoms with van der Waals surface area (Å²) in [6.45, 7) is 4.12. The third kappa shape index (κ3) is 4.29. The maximum Gasteiger partial charge on any atom is 0.252 e. The van der Waals surface area contributed by atoms with Gasteiger partial charge in [-0.2, -0.15) is 0 Å². The average molecular weight is 387 g/mol. The molecule has 5 heteroatoms. The van der Waals surface area contributed by atoms with E-state index in [2.05, 4.69) is 5.32 Å². The van der Waals surface area contributed by atoms with Gasteiger partial charge in [0, 0.05) is 37.0 Å². The summed E-state index contributed by atoms with van der Waals surface area (Å²) in [6.07, 6.45) is 2.35. The van der Waals surface area contributed by atoms with Gasteiger partial charge < -0.3 is 10.2 Å². The first-order valence-corrected chi connectivity index (χ1v) is 10.1. The standard InChI is InChI=1S/C24H25N3O2/c1-17-9-11-18(12-10-17)22-16-20(19-6-2-3-7-21(19)26-22)24(29)25-13-5-15-27-14-4-8-23(27)28/h2-3,6-7,9-12,16H,4-5,8,13-15H2,1H3,(H,25,29). The molecule has 1 fully saturated rings. The van der Waals surface area contributed by atoms with Crippen LogP contribution in [-0.2, 0) is 4.79 Å². The number of amides is 2. The Morgan fingerprint density at radius 2 is 1.93 bits per heavy atom. The lowest BCUT2D eigenvalue weighted by Gasteiger charge is -2.15. The van der Waals surface area contributed by atoms with Crippen LogP contribution in [0, 0.1) is 6.92 Å². The number of hydrogen-bond acceptors (Lipinski definition) is 3. The fourth-order valence-corrected chi connectivity index (χ4v) is 3.74. The lowest BCUT2D eigenvalue weighted by molar-refractivity contribution is -0.127. The molecule has 1 saturated heterocycles. The van der Waals surface area contributed by atoms with E-state index in [4.69, 9.17) is 4.98 Å². The lowest BCUT2D eigenvalue weighted by atomic mass is 10.0. The summed E-state index contributed by atoms with van der Waals surface area (Å²) >= 11 is 0. The van der Waals surface area contributed by atoms with Gasteiger partial charge in [-0.05, 0) is 31.9 Å². The smallest absolute Gasteiger partial charge is 0.252 e. The number of pyridine rings is 1. The van der Waals surface area contributed by atoms with Crippen molar-refractivity contribution in [2.24, 2.45) is 0 Å². The van der Waals surface area contributed by atoms with Gasteiger partial charge in [-0.3, -0.25) is 9.59 Å². The van der Waals surface area contributed by atoms with Crippen LogP contribution in [-0.4, -0.2) is 41.3 Å². The molecule has 0 spiro atoms. The molecular weight excluding hydrogens is 362 g/mol. The van der Waals surface area contributed by atoms with Crippen molar-refractivity contribution in [2.75, 3.05) is 19.6 Å². The molecule has 0 saturated carbocycles. The largest absolute Gasteiger partial charge is 0.352 e. The molecule has 0 atom stereocenters. The number of aromatic nitrogens is 1. The zero-order chi connectivity index (χ0) is 20.2. The Balaban J connectivity index is 1.52. The van der Waals surface area contributed by atoms with Crippen molar-refractivity contribution in [1.82, 2.24) is 15.2 Å². The van der Waals surface area contributed by atoms with E-state index in [-0.39, 0.29) is 11.8 Å². The molecule has 4 rings (SSSR count). The van der Waals surface area contributed by atoms with Gasteiger partial charge in [0.1, 0.15) is 0 Å². The molecule has 2 heterocycles. The summed E-state index contributed by atoms with van der Waals surface area (Å²) in [6, 6.07) is 17.7. The van der Waals surface area contributed by atoms with Crippen molar-refractivity contribution in [3.8, 4) is 11.3 Å². The third-order valence-corrected chi connectivity index (χ3v) is 5.37. The Morgan fingerprint density at radius 3 is 2.69 bits per heavy atom. The van der Waals surface area contributed by atoms with E-state index < -0.39 is 0 Å². The molecule has 0 aliphatic carbocycles. The minimum absolute atomic E-state index is 0.107. The number of nitrogens with one attached hydrogen (secondary N) is 1. The monoisotopic (exact) mass is 387 g/mol. The van der Waals surface area contributed by atoms with Gasteiger partial charge in [0.25, 0.3) is 5.91 Å². The summed E-state index contributed by atoms with van der Waals surface area (Å²) in [5, 5.41) is 3.86. The van der Waals surface area contributed by atoms with E-state index in [1.54, 1.807) is 0 Å². The molecule has 2 amide bonds. The van der Waals surface area contributed by atoms with E-state index in [0.29, 0.717) is 25.1 Å². The van der Waals surface area contributed by atoms with E-state index in [1.165, 1.54) is 5.56 Å². The topological polar surface area (TPSA) is 62.3 Å². The summed E-state index contributed by atoms with van der Waals surface area (Å²) in [4.78, 5) is 31.3. The predicted molar refractivity (Wildman–Crippen MR) is 115 cm³/mol. The first-order chi connectivity index (χ1) is 14.1. The van der Waals surface area contributed by atoms with Crippen LogP contribution in [0.4, 0.5) is 0 Å². The molecule has 1 aliphatic heterocycles. The Labute approximate surface area is 170 Å². The highest BCUT2D eigenvalue weighted by molar-refractivity contribution is 6.07. The van der Waals surface area contributed by atoms with Crippen LogP contribution < -0.4 is 5.32 Å². The fourth-order valence-electron chi connectivity index (χ4n) is 3.74. The summed E-state index contributed by atoms with van der Waals surface area (Å²) in [5.74, 6) is 0.115. The van der Waals surface area contributed by atoms with E-state index in [1.807, 2.05) is 66.4 Å². The highest BCUT2D eigenvalue weighted by atomic mass is 16.2. The SMILES string of the molecule is Cc1ccc(-c2cc(C(=O)NCCCN3CCCC3=O)c3ccccc3n2)cc1. The number of aryl methyl sites for hydroxylation is 1. The predicted octanol–water partition coefficient (Wildman–Crippen LogP) is 3.95. The van der Waals surface area contributed by atoms with Gasteiger partial charge in [0.05, 0.1) is 16.8 Å². The molecule has 1 aromatic heterocycles. The van der Waals surface area contributed by atoms with Gasteiger partial charge in [-0.25, -0.2) is 4.98 Å². The number of para-hydroxylation sites is 1. The van der Waals surface area contributed by atoms with E-state index in [9.17, 15) is 9.59 Å². The summed E-state index contributed by atoms with van der Waals surface area (Å²) in [5.41, 5.74) is 4.39. The fraction of sp³-hybridized carbons (Fsp3) is 0.292. The molecule has 3 aromatic rings. The molecule has 2 aromatic carbocycles. The number of hydrogen-bond donors (Lipinski definition) is 1. The van der Waals surface area contributed by atoms with Crippen LogP contribution in [0.2, 0.25) is 0 Å². The van der Waals surface area contributed by atoms with Crippen LogP contribution in [0.25, 0.3) is 22.2 Å². The maximum absolute atomic E-state index is 12.9. The zero-order valence-electron chi connectivity index (χ0n) is 16.6. The molecule has 29 heavy (non-hydrogen) atoms. The minimum Gasteiger partial charge on any atom is -0.352 e. The Kier molecular flexibility index (Phi) is 5.56. The molecule has 1 N–H and O–H groups in total. The second-order valence-corrected chi connectivity index (χ2v) is 7.53. The lowest BCUT2D eigenvalue weighted by Crippen LogP contribution is -2.30. The maximum atomic E-state index is 12.9. The first-order valence-electron chi connectivity index (χ1n) is 10.1. The van der Waals surface area contributed by atoms with Crippen molar-refractivity contribution in [3.05, 3.63) is 65.7 Å². The first kappa shape index (κ1) is 19.1. The molecule has 0 unspecified atom stereocenters. The van der Waals surface area contributed by atoms with Crippen molar-refractivity contribution < 1.29 is 9.59 Å². The number of carbonyl (C=O) groups is 2. The van der Waals surface area contributed by atoms with E-state index in [0.717, 1.165) is 41.5 Å². The zero-order valence-corrected chi connectivity index (χ0v) is 16.6. The summed E-state index contributed by atoms with van der Waals surface area (Å²) in [7, 11) is 0. The second-order valence-electron chi connectivity index (χ2n) is 7.53. The number of likely N-dealkylation sites (tertiary alicyclic amines) is 1. The molecule has 0 radical (unpaired) electrons. The van der Waals surface area contributed by atoms with Gasteiger partial charge >= 0.3 is 0 Å². The second kappa shape index (κ2) is 8.43. The van der Waals surface area contributed by atoms with E-state index >= 15 is 0 Å². The van der Waals surface area contributed by atoms with Crippen LogP contribution >= 0.6 is 0 Å². The van der Waals surface area contributed by atoms with Gasteiger partial charge in [-0.15, -0.1) is 0 Å². The minimum atomic E-state index is -0.107. The number of fused-ring (bicyclic) bond motifs is 1. The van der Waals surface area contributed by atoms with Crippen molar-refractivity contribution in [3.63, 3.8) is 0 Å². The van der Waals surface area contributed by atoms with Gasteiger partial charge in [0.15, 0.2) is 0 Å². The highest BCUT2D eigenvalue weighted by Crippen LogP contribution is 2.25. The molecule has 0 bridgehead atoms. The molecular formula is C24H25N3O2. The number of benzene rings is 2.